The predicted molar refractivity (Wildman–Crippen MR) is 31.8 cm³/mol. The summed E-state index contributed by atoms with van der Waals surface area (Å²) in [5, 5.41) is 0. The molecule has 0 unspecified atom stereocenters. The van der Waals surface area contributed by atoms with Gasteiger partial charge in [-0.1, -0.05) is 0 Å². The van der Waals surface area contributed by atoms with Crippen molar-refractivity contribution in [3.05, 3.63) is 30.3 Å². The monoisotopic (exact) mass is 157 g/mol. The van der Waals surface area contributed by atoms with Crippen LogP contribution in [0.2, 0.25) is 0 Å². The normalized spacial score (nSPS) is 8.57. The predicted octanol–water partition coefficient (Wildman–Crippen LogP) is 0.480. The topological polar surface area (TPSA) is 0 Å². The summed E-state index contributed by atoms with van der Waals surface area (Å²) in [6.45, 7) is 0. The number of hydrogen-bond donors (Lipinski definition) is 0. The Hall–Kier alpha value is -0.261. The van der Waals surface area contributed by atoms with Gasteiger partial charge in [-0.3, -0.25) is 0 Å². The molecular weight excluding hydrogens is 151 g/mol. The summed E-state index contributed by atoms with van der Waals surface area (Å²) in [5.41, 5.74) is 0. The fourth-order valence-electron chi connectivity index (χ4n) is 0.420. The molecule has 0 fully saturated rings. The third-order valence-corrected chi connectivity index (χ3v) is 1.31. The molecule has 1 aromatic rings. The molecule has 1 aromatic carbocycles. The van der Waals surface area contributed by atoms with Crippen LogP contribution in [0.5, 0.6) is 0 Å². The van der Waals surface area contributed by atoms with Gasteiger partial charge < -0.3 is 0 Å². The Morgan fingerprint density at radius 2 is 1.57 bits per heavy atom. The van der Waals surface area contributed by atoms with Gasteiger partial charge >= 0.3 is 50.8 Å². The van der Waals surface area contributed by atoms with Crippen molar-refractivity contribution in [2.75, 3.05) is 0 Å². The second-order valence-electron chi connectivity index (χ2n) is 1.31. The molecule has 0 aliphatic rings. The van der Waals surface area contributed by atoms with Crippen molar-refractivity contribution in [2.24, 2.45) is 0 Å². The van der Waals surface area contributed by atoms with Crippen LogP contribution in [0.15, 0.2) is 30.3 Å². The van der Waals surface area contributed by atoms with Gasteiger partial charge in [-0.25, -0.2) is 0 Å². The van der Waals surface area contributed by atoms with Gasteiger partial charge in [0, 0.05) is 0 Å². The van der Waals surface area contributed by atoms with E-state index in [1.807, 2.05) is 30.3 Å². The van der Waals surface area contributed by atoms with Gasteiger partial charge in [0.1, 0.15) is 0 Å². The summed E-state index contributed by atoms with van der Waals surface area (Å²) < 4.78 is 1.20. The molecule has 0 aliphatic carbocycles. The van der Waals surface area contributed by atoms with E-state index in [-0.39, 0.29) is 0 Å². The quantitative estimate of drug-likeness (QED) is 0.479. The van der Waals surface area contributed by atoms with E-state index in [1.54, 1.807) is 0 Å². The summed E-state index contributed by atoms with van der Waals surface area (Å²) >= 11 is 2.90. The maximum atomic E-state index is 2.90. The van der Waals surface area contributed by atoms with Crippen LogP contribution in [0.1, 0.15) is 0 Å². The zero-order chi connectivity index (χ0) is 5.11. The molecule has 36 valence electrons. The molecule has 0 amide bonds. The molecule has 7 heavy (non-hydrogen) atoms. The average Bonchev–Trinajstić information content (AvgIpc) is 1.69. The van der Waals surface area contributed by atoms with Gasteiger partial charge in [-0.2, -0.15) is 0 Å². The molecular formula is C6H5Se-. The average molecular weight is 156 g/mol. The molecule has 0 radical (unpaired) electrons. The summed E-state index contributed by atoms with van der Waals surface area (Å²) in [7, 11) is 0. The maximum absolute atomic E-state index is 2.90. The second-order valence-corrected chi connectivity index (χ2v) is 2.30. The molecule has 0 nitrogen and oxygen atoms in total. The summed E-state index contributed by atoms with van der Waals surface area (Å²) in [5.74, 6) is 0. The number of benzene rings is 1. The van der Waals surface area contributed by atoms with Crippen LogP contribution in [0.3, 0.4) is 0 Å². The molecule has 0 saturated carbocycles. The minimum atomic E-state index is 1.20. The third-order valence-electron chi connectivity index (χ3n) is 0.743. The Balaban J connectivity index is 3.02. The Bertz CT molecular complexity index is 134. The van der Waals surface area contributed by atoms with E-state index in [0.717, 1.165) is 0 Å². The Morgan fingerprint density at radius 3 is 1.86 bits per heavy atom. The molecule has 1 rings (SSSR count). The fraction of sp³-hybridized carbons (Fsp3) is 0. The molecule has 0 saturated heterocycles. The van der Waals surface area contributed by atoms with Crippen molar-refractivity contribution in [3.63, 3.8) is 0 Å². The van der Waals surface area contributed by atoms with Crippen molar-refractivity contribution < 1.29 is 0 Å². The van der Waals surface area contributed by atoms with Crippen LogP contribution in [0.25, 0.3) is 0 Å². The van der Waals surface area contributed by atoms with Crippen LogP contribution < -0.4 is 4.46 Å². The van der Waals surface area contributed by atoms with E-state index >= 15 is 0 Å². The molecule has 1 heteroatoms. The van der Waals surface area contributed by atoms with Crippen molar-refractivity contribution in [1.29, 1.82) is 0 Å². The van der Waals surface area contributed by atoms with E-state index in [4.69, 9.17) is 0 Å². The van der Waals surface area contributed by atoms with E-state index < -0.39 is 0 Å². The van der Waals surface area contributed by atoms with Gasteiger partial charge in [-0.05, 0) is 0 Å². The van der Waals surface area contributed by atoms with E-state index in [9.17, 15) is 0 Å². The molecule has 0 N–H and O–H groups in total. The van der Waals surface area contributed by atoms with Gasteiger partial charge in [0.15, 0.2) is 0 Å². The van der Waals surface area contributed by atoms with Crippen LogP contribution in [0.4, 0.5) is 0 Å². The van der Waals surface area contributed by atoms with Crippen LogP contribution >= 0.6 is 0 Å². The first-order valence-corrected chi connectivity index (χ1v) is 2.97. The van der Waals surface area contributed by atoms with Gasteiger partial charge in [0.2, 0.25) is 0 Å². The molecule has 0 atom stereocenters. The summed E-state index contributed by atoms with van der Waals surface area (Å²) in [6, 6.07) is 10.1. The minimum absolute atomic E-state index is 1.20. The van der Waals surface area contributed by atoms with Gasteiger partial charge in [0.05, 0.1) is 0 Å². The second kappa shape index (κ2) is 2.15. The molecule has 0 aromatic heterocycles. The third kappa shape index (κ3) is 1.34. The van der Waals surface area contributed by atoms with Crippen LogP contribution in [-0.2, 0) is 0 Å². The van der Waals surface area contributed by atoms with E-state index in [1.165, 1.54) is 4.46 Å². The Morgan fingerprint density at radius 1 is 1.00 bits per heavy atom. The summed E-state index contributed by atoms with van der Waals surface area (Å²) in [4.78, 5) is 0. The fourth-order valence-corrected chi connectivity index (χ4v) is 0.750. The Labute approximate surface area is 51.4 Å². The SMILES string of the molecule is [Se-]c1ccccc1. The first kappa shape index (κ1) is 4.89. The zero-order valence-electron chi connectivity index (χ0n) is 3.79. The molecule has 0 bridgehead atoms. The molecule has 0 heterocycles. The van der Waals surface area contributed by atoms with Crippen molar-refractivity contribution in [1.82, 2.24) is 0 Å². The first-order valence-electron chi connectivity index (χ1n) is 2.11. The standard InChI is InChI=1S/C6H6Se/c7-6-4-2-1-3-5-6/h1-5,7H/p-1. The van der Waals surface area contributed by atoms with Crippen LogP contribution in [-0.4, -0.2) is 16.0 Å². The van der Waals surface area contributed by atoms with Crippen molar-refractivity contribution >= 4 is 20.5 Å². The Kier molecular flexibility index (Phi) is 1.50. The first-order chi connectivity index (χ1) is 3.39. The van der Waals surface area contributed by atoms with Gasteiger partial charge in [-0.15, -0.1) is 0 Å². The van der Waals surface area contributed by atoms with Crippen LogP contribution in [0, 0.1) is 0 Å². The molecule has 0 aliphatic heterocycles. The van der Waals surface area contributed by atoms with Gasteiger partial charge in [0.25, 0.3) is 0 Å². The van der Waals surface area contributed by atoms with Crippen molar-refractivity contribution in [3.8, 4) is 0 Å². The zero-order valence-corrected chi connectivity index (χ0v) is 5.51. The summed E-state index contributed by atoms with van der Waals surface area (Å²) in [6.07, 6.45) is 0. The van der Waals surface area contributed by atoms with E-state index in [0.29, 0.717) is 0 Å². The molecule has 0 spiro atoms. The van der Waals surface area contributed by atoms with E-state index in [2.05, 4.69) is 16.0 Å². The van der Waals surface area contributed by atoms with Crippen molar-refractivity contribution in [2.45, 2.75) is 0 Å². The number of rotatable bonds is 0. The number of hydrogen-bond acceptors (Lipinski definition) is 0.